The summed E-state index contributed by atoms with van der Waals surface area (Å²) in [5.74, 6) is 4.22. The average Bonchev–Trinajstić information content (AvgIpc) is 2.87. The lowest BCUT2D eigenvalue weighted by Gasteiger charge is -2.39. The van der Waals surface area contributed by atoms with Gasteiger partial charge in [-0.15, -0.1) is 0 Å². The van der Waals surface area contributed by atoms with Crippen LogP contribution in [0.25, 0.3) is 11.4 Å². The fourth-order valence-corrected chi connectivity index (χ4v) is 5.21. The molecule has 2 fully saturated rings. The van der Waals surface area contributed by atoms with Gasteiger partial charge in [0.15, 0.2) is 17.5 Å². The lowest BCUT2D eigenvalue weighted by molar-refractivity contribution is -0.120. The number of aliphatic imine (C=N–C) groups is 1. The number of aromatic nitrogens is 4. The van der Waals surface area contributed by atoms with Gasteiger partial charge in [-0.1, -0.05) is 0 Å². The molecule has 2 aliphatic rings. The molecule has 4 heterocycles. The molecule has 0 bridgehead atoms. The van der Waals surface area contributed by atoms with E-state index in [0.717, 1.165) is 4.90 Å². The highest BCUT2D eigenvalue weighted by molar-refractivity contribution is 7.97. The van der Waals surface area contributed by atoms with E-state index in [1.54, 1.807) is 10.6 Å². The van der Waals surface area contributed by atoms with Crippen molar-refractivity contribution < 1.29 is 22.1 Å². The van der Waals surface area contributed by atoms with Crippen molar-refractivity contribution in [2.75, 3.05) is 87.5 Å². The molecule has 2 N–H and O–H groups in total. The van der Waals surface area contributed by atoms with E-state index in [-0.39, 0.29) is 29.9 Å². The van der Waals surface area contributed by atoms with E-state index in [4.69, 9.17) is 10.5 Å². The molecule has 208 valence electrons. The number of piperazine rings is 1. The lowest BCUT2D eigenvalue weighted by atomic mass is 10.2. The monoisotopic (exact) mass is 556 g/mol. The van der Waals surface area contributed by atoms with Gasteiger partial charge in [-0.05, 0) is 12.6 Å². The van der Waals surface area contributed by atoms with Gasteiger partial charge in [0, 0.05) is 67.6 Å². The van der Waals surface area contributed by atoms with Gasteiger partial charge in [0.1, 0.15) is 12.2 Å². The number of alkyl halides is 3. The van der Waals surface area contributed by atoms with Crippen molar-refractivity contribution in [1.29, 1.82) is 0 Å². The van der Waals surface area contributed by atoms with Gasteiger partial charge < -0.3 is 20.3 Å². The first-order chi connectivity index (χ1) is 17.9. The molecular formula is C22H31F3N10O2S. The molecule has 2 aromatic rings. The Balaban J connectivity index is 1.76. The number of anilines is 3. The van der Waals surface area contributed by atoms with Gasteiger partial charge in [0.25, 0.3) is 0 Å². The van der Waals surface area contributed by atoms with Crippen LogP contribution >= 0.6 is 0 Å². The lowest BCUT2D eigenvalue weighted by Crippen LogP contribution is -2.52. The molecule has 1 unspecified atom stereocenters. The molecule has 0 spiro atoms. The molecule has 12 nitrogen and oxygen atoms in total. The summed E-state index contributed by atoms with van der Waals surface area (Å²) in [6.45, 7) is 5.73. The van der Waals surface area contributed by atoms with Gasteiger partial charge in [-0.3, -0.25) is 14.1 Å². The third-order valence-electron chi connectivity index (χ3n) is 6.16. The molecule has 0 aromatic carbocycles. The Morgan fingerprint density at radius 3 is 2.32 bits per heavy atom. The summed E-state index contributed by atoms with van der Waals surface area (Å²) < 4.78 is 61.1. The fourth-order valence-electron chi connectivity index (χ4n) is 4.28. The second-order valence-electron chi connectivity index (χ2n) is 9.09. The first-order valence-corrected chi connectivity index (χ1v) is 13.9. The minimum absolute atomic E-state index is 0.0143. The Morgan fingerprint density at radius 1 is 1.13 bits per heavy atom. The minimum Gasteiger partial charge on any atom is -0.378 e. The van der Waals surface area contributed by atoms with Crippen LogP contribution in [0.1, 0.15) is 0 Å². The molecule has 2 aromatic heterocycles. The molecule has 16 heteroatoms. The number of hydrogen-bond donors (Lipinski definition) is 1. The molecule has 0 saturated carbocycles. The summed E-state index contributed by atoms with van der Waals surface area (Å²) >= 11 is 0. The van der Waals surface area contributed by atoms with E-state index in [1.807, 2.05) is 9.80 Å². The molecule has 0 aliphatic carbocycles. The molecule has 1 atom stereocenters. The number of morpholine rings is 1. The summed E-state index contributed by atoms with van der Waals surface area (Å²) in [4.78, 5) is 26.0. The Morgan fingerprint density at radius 2 is 1.76 bits per heavy atom. The van der Waals surface area contributed by atoms with Crippen LogP contribution in [0.15, 0.2) is 17.4 Å². The number of nitrogens with two attached hydrogens (primary N) is 1. The molecule has 38 heavy (non-hydrogen) atoms. The highest BCUT2D eigenvalue weighted by atomic mass is 32.2. The second-order valence-corrected chi connectivity index (χ2v) is 11.5. The Kier molecular flexibility index (Phi) is 8.34. The Labute approximate surface area is 219 Å². The van der Waals surface area contributed by atoms with Gasteiger partial charge in [-0.2, -0.15) is 13.2 Å². The zero-order chi connectivity index (χ0) is 27.5. The van der Waals surface area contributed by atoms with Crippen molar-refractivity contribution in [3.63, 3.8) is 0 Å². The maximum absolute atomic E-state index is 13.9. The van der Waals surface area contributed by atoms with Crippen LogP contribution in [0.4, 0.5) is 36.4 Å². The summed E-state index contributed by atoms with van der Waals surface area (Å²) in [6, 6.07) is 0. The maximum atomic E-state index is 13.9. The van der Waals surface area contributed by atoms with Gasteiger partial charge in [0.05, 0.1) is 25.4 Å². The zero-order valence-corrected chi connectivity index (χ0v) is 21.9. The summed E-state index contributed by atoms with van der Waals surface area (Å²) in [6.07, 6.45) is -0.142. The number of ether oxygens (including phenoxy) is 1. The van der Waals surface area contributed by atoms with Crippen molar-refractivity contribution in [1.82, 2.24) is 29.1 Å². The molecule has 4 rings (SSSR count). The number of halogens is 3. The van der Waals surface area contributed by atoms with Crippen LogP contribution in [-0.4, -0.2) is 124 Å². The van der Waals surface area contributed by atoms with Crippen molar-refractivity contribution in [2.24, 2.45) is 4.99 Å². The standard InChI is InChI=1S/C22H31F3N10O2S/c1-27-17-19(33-8-10-37-11-9-33)30-18(16-12-28-21(26)29-13-16)31-20(17)34(14-22(23,24)25)15-32-4-6-35(7-5-32)38(2,3)36/h12-13H,1-2,4-11,14-15H2,3H3,(H2,26,28,29). The van der Waals surface area contributed by atoms with E-state index < -0.39 is 22.4 Å². The molecule has 0 amide bonds. The number of nitrogens with zero attached hydrogens (tertiary/aromatic N) is 9. The van der Waals surface area contributed by atoms with Crippen molar-refractivity contribution in [3.05, 3.63) is 12.4 Å². The molecule has 2 saturated heterocycles. The third kappa shape index (κ3) is 6.86. The van der Waals surface area contributed by atoms with Gasteiger partial charge in [-0.25, -0.2) is 24.2 Å². The van der Waals surface area contributed by atoms with E-state index in [9.17, 15) is 17.4 Å². The minimum atomic E-state index is -4.53. The summed E-state index contributed by atoms with van der Waals surface area (Å²) in [5, 5.41) is 0. The van der Waals surface area contributed by atoms with E-state index >= 15 is 0 Å². The Hall–Kier alpha value is -3.08. The van der Waals surface area contributed by atoms with Crippen LogP contribution in [0.5, 0.6) is 0 Å². The maximum Gasteiger partial charge on any atom is 0.406 e. The zero-order valence-electron chi connectivity index (χ0n) is 21.1. The first-order valence-electron chi connectivity index (χ1n) is 11.9. The molecular weight excluding hydrogens is 525 g/mol. The number of hydrogen-bond acceptors (Lipinski definition) is 11. The van der Waals surface area contributed by atoms with E-state index in [1.165, 1.54) is 12.4 Å². The van der Waals surface area contributed by atoms with Crippen LogP contribution in [0, 0.1) is 0 Å². The topological polar surface area (TPSA) is 129 Å². The van der Waals surface area contributed by atoms with Crippen LogP contribution in [0.3, 0.4) is 0 Å². The van der Waals surface area contributed by atoms with Crippen LogP contribution in [0.2, 0.25) is 0 Å². The van der Waals surface area contributed by atoms with Crippen LogP contribution in [-0.2, 0) is 14.4 Å². The third-order valence-corrected chi connectivity index (χ3v) is 7.62. The molecule has 2 aliphatic heterocycles. The highest BCUT2D eigenvalue weighted by Gasteiger charge is 2.35. The van der Waals surface area contributed by atoms with Crippen molar-refractivity contribution in [3.8, 4) is 11.4 Å². The summed E-state index contributed by atoms with van der Waals surface area (Å²) in [5.41, 5.74) is 6.14. The van der Waals surface area contributed by atoms with Gasteiger partial charge >= 0.3 is 6.18 Å². The average molecular weight is 557 g/mol. The second kappa shape index (κ2) is 11.3. The molecule has 0 radical (unpaired) electrons. The number of nitrogen functional groups attached to an aromatic ring is 1. The largest absolute Gasteiger partial charge is 0.406 e. The number of rotatable bonds is 8. The van der Waals surface area contributed by atoms with E-state index in [0.29, 0.717) is 63.9 Å². The Bertz CT molecular complexity index is 1230. The van der Waals surface area contributed by atoms with Crippen LogP contribution < -0.4 is 15.5 Å². The first kappa shape index (κ1) is 27.9. The summed E-state index contributed by atoms with van der Waals surface area (Å²) in [7, 11) is -2.39. The fraction of sp³-hybridized carbons (Fsp3) is 0.545. The SMILES string of the molecule is C=Nc1c(N2CCOCC2)nc(-c2cnc(N)nc2)nc1N(CN1CCN(S(=C)(C)=O)CC1)CC(F)(F)F. The van der Waals surface area contributed by atoms with E-state index in [2.05, 4.69) is 37.5 Å². The van der Waals surface area contributed by atoms with Crippen molar-refractivity contribution >= 4 is 45.6 Å². The van der Waals surface area contributed by atoms with Crippen molar-refractivity contribution in [2.45, 2.75) is 6.18 Å². The smallest absolute Gasteiger partial charge is 0.378 e. The predicted octanol–water partition coefficient (Wildman–Crippen LogP) is 0.890. The predicted molar refractivity (Wildman–Crippen MR) is 142 cm³/mol. The van der Waals surface area contributed by atoms with Gasteiger partial charge in [0.2, 0.25) is 5.95 Å². The normalized spacial score (nSPS) is 19.2. The quantitative estimate of drug-likeness (QED) is 0.370. The highest BCUT2D eigenvalue weighted by Crippen LogP contribution is 2.39.